The Balaban J connectivity index is 1.12. The average Bonchev–Trinajstić information content (AvgIpc) is 3.57. The number of nitrogens with zero attached hydrogens (tertiary/aromatic N) is 4. The van der Waals surface area contributed by atoms with Crippen LogP contribution in [0.5, 0.6) is 11.5 Å². The SMILES string of the molecule is CCC[C@H](NC(=O)[C@@H]1C[C@@H](OC(=O)N2Cc3ccc4c(c3C2)OCO4)CN1C(=O)[C@@H](NC(=O)[C@@H](NC(=O)c1cnccn1)C1CCCCC1)C(C)(C)C)C(=O)C(=O)NC1CC1. The van der Waals surface area contributed by atoms with E-state index in [9.17, 15) is 33.6 Å². The van der Waals surface area contributed by atoms with E-state index in [-0.39, 0.29) is 56.9 Å². The number of carbonyl (C=O) groups is 7. The van der Waals surface area contributed by atoms with Crippen LogP contribution < -0.4 is 30.7 Å². The van der Waals surface area contributed by atoms with Gasteiger partial charge in [0, 0.05) is 37.0 Å². The molecule has 1 aromatic carbocycles. The van der Waals surface area contributed by atoms with Crippen LogP contribution in [0.4, 0.5) is 4.79 Å². The maximum absolute atomic E-state index is 14.9. The number of ketones is 1. The standard InChI is InChI=1S/C43H56N8O10/c1-5-9-29(34(52)40(56)46-26-13-14-26)47-38(54)31-18-27(61-42(58)50-20-25-12-15-32-35(28(25)22-50)60-23-59-32)21-51(31)41(57)36(43(2,3)4)49-39(55)33(24-10-7-6-8-11-24)48-37(53)30-19-44-16-17-45-30/h12,15-17,19,24,26-27,29,31,33,36H,5-11,13-14,18,20-23H2,1-4H3,(H,46,56)(H,47,54)(H,48,53)(H,49,55)/t27-,29+,31+,33+,36-/m1/s1. The van der Waals surface area contributed by atoms with Crippen molar-refractivity contribution in [3.63, 3.8) is 0 Å². The molecule has 2 aromatic rings. The topological polar surface area (TPSA) is 228 Å². The highest BCUT2D eigenvalue weighted by atomic mass is 16.7. The first-order valence-electron chi connectivity index (χ1n) is 21.4. The van der Waals surface area contributed by atoms with Crippen molar-refractivity contribution in [2.75, 3.05) is 13.3 Å². The Morgan fingerprint density at radius 3 is 2.39 bits per heavy atom. The summed E-state index contributed by atoms with van der Waals surface area (Å²) < 4.78 is 17.2. The molecule has 2 saturated carbocycles. The highest BCUT2D eigenvalue weighted by Gasteiger charge is 2.48. The van der Waals surface area contributed by atoms with E-state index in [1.807, 2.05) is 13.0 Å². The number of amides is 6. The van der Waals surface area contributed by atoms with Crippen LogP contribution in [0.25, 0.3) is 0 Å². The lowest BCUT2D eigenvalue weighted by Crippen LogP contribution is -2.62. The predicted molar refractivity (Wildman–Crippen MR) is 216 cm³/mol. The van der Waals surface area contributed by atoms with E-state index < -0.39 is 77.1 Å². The molecule has 7 rings (SSSR count). The van der Waals surface area contributed by atoms with E-state index >= 15 is 0 Å². The van der Waals surface area contributed by atoms with Crippen molar-refractivity contribution in [3.8, 4) is 11.5 Å². The van der Waals surface area contributed by atoms with Gasteiger partial charge < -0.3 is 40.4 Å². The first-order valence-corrected chi connectivity index (χ1v) is 21.4. The molecule has 4 heterocycles. The van der Waals surface area contributed by atoms with Gasteiger partial charge in [-0.2, -0.15) is 0 Å². The number of hydrogen-bond acceptors (Lipinski definition) is 12. The molecule has 61 heavy (non-hydrogen) atoms. The minimum atomic E-state index is -1.24. The van der Waals surface area contributed by atoms with Gasteiger partial charge in [0.05, 0.1) is 25.3 Å². The number of benzene rings is 1. The van der Waals surface area contributed by atoms with Crippen LogP contribution in [0.1, 0.15) is 114 Å². The summed E-state index contributed by atoms with van der Waals surface area (Å²) in [7, 11) is 0. The van der Waals surface area contributed by atoms with Gasteiger partial charge in [-0.25, -0.2) is 9.78 Å². The summed E-state index contributed by atoms with van der Waals surface area (Å²) in [4.78, 5) is 108. The number of hydrogen-bond donors (Lipinski definition) is 4. The summed E-state index contributed by atoms with van der Waals surface area (Å²) in [6, 6.07) is -1.01. The van der Waals surface area contributed by atoms with Crippen molar-refractivity contribution < 1.29 is 47.8 Å². The van der Waals surface area contributed by atoms with Crippen molar-refractivity contribution in [2.24, 2.45) is 11.3 Å². The van der Waals surface area contributed by atoms with Crippen LogP contribution in [0.2, 0.25) is 0 Å². The van der Waals surface area contributed by atoms with Gasteiger partial charge in [-0.1, -0.05) is 59.4 Å². The van der Waals surface area contributed by atoms with E-state index in [4.69, 9.17) is 14.2 Å². The third-order valence-electron chi connectivity index (χ3n) is 12.1. The Hall–Kier alpha value is -5.81. The monoisotopic (exact) mass is 844 g/mol. The first-order chi connectivity index (χ1) is 29.2. The molecular formula is C43H56N8O10. The fourth-order valence-corrected chi connectivity index (χ4v) is 8.58. The van der Waals surface area contributed by atoms with Gasteiger partial charge in [-0.3, -0.25) is 38.7 Å². The molecule has 18 nitrogen and oxygen atoms in total. The van der Waals surface area contributed by atoms with Gasteiger partial charge in [-0.15, -0.1) is 0 Å². The zero-order valence-corrected chi connectivity index (χ0v) is 35.2. The van der Waals surface area contributed by atoms with Crippen molar-refractivity contribution in [3.05, 3.63) is 47.5 Å². The van der Waals surface area contributed by atoms with Gasteiger partial charge in [0.1, 0.15) is 29.9 Å². The fraction of sp³-hybridized carbons (Fsp3) is 0.605. The summed E-state index contributed by atoms with van der Waals surface area (Å²) in [6.45, 7) is 7.49. The molecule has 3 aliphatic heterocycles. The Morgan fingerprint density at radius 2 is 1.70 bits per heavy atom. The molecule has 0 unspecified atom stereocenters. The van der Waals surface area contributed by atoms with Gasteiger partial charge >= 0.3 is 6.09 Å². The largest absolute Gasteiger partial charge is 0.454 e. The lowest BCUT2D eigenvalue weighted by molar-refractivity contribution is -0.145. The van der Waals surface area contributed by atoms with Crippen LogP contribution in [-0.2, 0) is 41.8 Å². The molecule has 18 heteroatoms. The summed E-state index contributed by atoms with van der Waals surface area (Å²) in [5.41, 5.74) is 0.819. The molecule has 5 aliphatic rings. The molecule has 0 bridgehead atoms. The maximum atomic E-state index is 14.9. The number of ether oxygens (including phenoxy) is 3. The second kappa shape index (κ2) is 18.4. The maximum Gasteiger partial charge on any atom is 0.410 e. The summed E-state index contributed by atoms with van der Waals surface area (Å²) in [6.07, 6.45) is 8.76. The van der Waals surface area contributed by atoms with Crippen molar-refractivity contribution in [2.45, 2.75) is 141 Å². The highest BCUT2D eigenvalue weighted by Crippen LogP contribution is 2.42. The number of fused-ring (bicyclic) bond motifs is 3. The van der Waals surface area contributed by atoms with Crippen LogP contribution >= 0.6 is 0 Å². The first kappa shape index (κ1) is 43.3. The molecule has 328 valence electrons. The van der Waals surface area contributed by atoms with Crippen LogP contribution in [0, 0.1) is 11.3 Å². The molecule has 2 aliphatic carbocycles. The highest BCUT2D eigenvalue weighted by molar-refractivity contribution is 6.38. The Labute approximate surface area is 354 Å². The zero-order valence-electron chi connectivity index (χ0n) is 35.2. The molecule has 4 N–H and O–H groups in total. The van der Waals surface area contributed by atoms with E-state index in [1.165, 1.54) is 28.4 Å². The average molecular weight is 845 g/mol. The number of nitrogens with one attached hydrogen (secondary N) is 4. The van der Waals surface area contributed by atoms with Gasteiger partial charge in [-0.05, 0) is 55.1 Å². The van der Waals surface area contributed by atoms with E-state index in [1.54, 1.807) is 26.8 Å². The quantitative estimate of drug-likeness (QED) is 0.202. The molecule has 0 spiro atoms. The molecule has 1 aromatic heterocycles. The fourth-order valence-electron chi connectivity index (χ4n) is 8.58. The molecule has 0 radical (unpaired) electrons. The Morgan fingerprint density at radius 1 is 0.934 bits per heavy atom. The Bertz CT molecular complexity index is 2010. The van der Waals surface area contributed by atoms with Crippen molar-refractivity contribution in [1.82, 2.24) is 41.0 Å². The van der Waals surface area contributed by atoms with Gasteiger partial charge in [0.15, 0.2) is 11.5 Å². The minimum absolute atomic E-state index is 0.0417. The number of likely N-dealkylation sites (tertiary alicyclic amines) is 1. The summed E-state index contributed by atoms with van der Waals surface area (Å²) in [5, 5.41) is 11.2. The van der Waals surface area contributed by atoms with E-state index in [2.05, 4.69) is 31.2 Å². The van der Waals surface area contributed by atoms with E-state index in [0.29, 0.717) is 30.8 Å². The molecule has 6 amide bonds. The van der Waals surface area contributed by atoms with Crippen molar-refractivity contribution >= 4 is 41.4 Å². The minimum Gasteiger partial charge on any atom is -0.454 e. The zero-order chi connectivity index (χ0) is 43.4. The Kier molecular flexibility index (Phi) is 13.1. The van der Waals surface area contributed by atoms with Crippen molar-refractivity contribution in [1.29, 1.82) is 0 Å². The molecule has 5 atom stereocenters. The predicted octanol–water partition coefficient (Wildman–Crippen LogP) is 2.67. The smallest absolute Gasteiger partial charge is 0.410 e. The number of rotatable bonds is 14. The second-order valence-corrected chi connectivity index (χ2v) is 17.8. The molecular weight excluding hydrogens is 789 g/mol. The van der Waals surface area contributed by atoms with E-state index in [0.717, 1.165) is 43.2 Å². The third-order valence-corrected chi connectivity index (χ3v) is 12.1. The number of carbonyl (C=O) groups excluding carboxylic acids is 7. The third kappa shape index (κ3) is 10.0. The second-order valence-electron chi connectivity index (χ2n) is 17.8. The lowest BCUT2D eigenvalue weighted by Gasteiger charge is -2.37. The summed E-state index contributed by atoms with van der Waals surface area (Å²) in [5.74, 6) is -3.06. The van der Waals surface area contributed by atoms with Gasteiger partial charge in [0.25, 0.3) is 11.8 Å². The lowest BCUT2D eigenvalue weighted by atomic mass is 9.82. The number of Topliss-reactive ketones (excluding diaryl/α,β-unsaturated/α-hetero) is 1. The summed E-state index contributed by atoms with van der Waals surface area (Å²) >= 11 is 0. The van der Waals surface area contributed by atoms with Gasteiger partial charge in [0.2, 0.25) is 30.3 Å². The van der Waals surface area contributed by atoms with Crippen LogP contribution in [0.15, 0.2) is 30.7 Å². The normalized spacial score (nSPS) is 21.1. The van der Waals surface area contributed by atoms with Crippen LogP contribution in [0.3, 0.4) is 0 Å². The number of aromatic nitrogens is 2. The van der Waals surface area contributed by atoms with Crippen LogP contribution in [-0.4, -0.2) is 111 Å². The molecule has 1 saturated heterocycles. The molecule has 3 fully saturated rings.